The predicted molar refractivity (Wildman–Crippen MR) is 99.5 cm³/mol. The molecule has 1 aromatic heterocycles. The second-order valence-corrected chi connectivity index (χ2v) is 6.12. The zero-order valence-electron chi connectivity index (χ0n) is 15.3. The normalized spacial score (nSPS) is 16.3. The second kappa shape index (κ2) is 8.77. The average molecular weight is 394 g/mol. The molecule has 3 N–H and O–H groups in total. The molecule has 7 nitrogen and oxygen atoms in total. The number of aromatic nitrogens is 2. The van der Waals surface area contributed by atoms with Gasteiger partial charge in [0.1, 0.15) is 17.5 Å². The van der Waals surface area contributed by atoms with E-state index in [4.69, 9.17) is 4.74 Å². The summed E-state index contributed by atoms with van der Waals surface area (Å²) in [5, 5.41) is 9.01. The van der Waals surface area contributed by atoms with Crippen LogP contribution < -0.4 is 20.7 Å². The van der Waals surface area contributed by atoms with E-state index in [1.807, 2.05) is 24.3 Å². The zero-order valence-corrected chi connectivity index (χ0v) is 15.3. The van der Waals surface area contributed by atoms with Crippen LogP contribution in [0.2, 0.25) is 0 Å². The minimum Gasteiger partial charge on any atom is -0.488 e. The first-order valence-corrected chi connectivity index (χ1v) is 8.79. The fourth-order valence-electron chi connectivity index (χ4n) is 2.76. The predicted octanol–water partition coefficient (Wildman–Crippen LogP) is 2.08. The van der Waals surface area contributed by atoms with Gasteiger partial charge in [-0.15, -0.1) is 0 Å². The Kier molecular flexibility index (Phi) is 6.17. The smallest absolute Gasteiger partial charge is 0.433 e. The Hall–Kier alpha value is -3.04. The molecule has 2 heterocycles. The van der Waals surface area contributed by atoms with Crippen molar-refractivity contribution in [2.75, 3.05) is 32.0 Å². The first-order chi connectivity index (χ1) is 13.5. The molecule has 0 radical (unpaired) electrons. The van der Waals surface area contributed by atoms with Crippen LogP contribution in [-0.4, -0.2) is 48.7 Å². The number of para-hydroxylation sites is 1. The van der Waals surface area contributed by atoms with Crippen molar-refractivity contribution in [3.05, 3.63) is 47.8 Å². The van der Waals surface area contributed by atoms with Crippen molar-refractivity contribution in [1.29, 1.82) is 0 Å². The van der Waals surface area contributed by atoms with Crippen molar-refractivity contribution < 1.29 is 17.9 Å². The van der Waals surface area contributed by atoms with Crippen LogP contribution in [0.15, 0.2) is 41.5 Å². The van der Waals surface area contributed by atoms with Crippen LogP contribution in [0.3, 0.4) is 0 Å². The van der Waals surface area contributed by atoms with Gasteiger partial charge in [-0.05, 0) is 17.7 Å². The number of hydrogen-bond acceptors (Lipinski definition) is 5. The van der Waals surface area contributed by atoms with Gasteiger partial charge in [0.2, 0.25) is 5.95 Å². The highest BCUT2D eigenvalue weighted by molar-refractivity contribution is 5.79. The highest BCUT2D eigenvalue weighted by atomic mass is 19.4. The van der Waals surface area contributed by atoms with Gasteiger partial charge in [-0.3, -0.25) is 4.99 Å². The Morgan fingerprint density at radius 3 is 2.79 bits per heavy atom. The van der Waals surface area contributed by atoms with Gasteiger partial charge in [-0.1, -0.05) is 18.2 Å². The molecule has 10 heteroatoms. The summed E-state index contributed by atoms with van der Waals surface area (Å²) in [5.41, 5.74) is 0.204. The van der Waals surface area contributed by atoms with Gasteiger partial charge < -0.3 is 20.7 Å². The van der Waals surface area contributed by atoms with Gasteiger partial charge in [0.15, 0.2) is 5.96 Å². The van der Waals surface area contributed by atoms with Crippen LogP contribution >= 0.6 is 0 Å². The summed E-state index contributed by atoms with van der Waals surface area (Å²) < 4.78 is 43.8. The topological polar surface area (TPSA) is 83.5 Å². The van der Waals surface area contributed by atoms with E-state index in [1.54, 1.807) is 7.05 Å². The molecule has 0 aliphatic carbocycles. The molecule has 1 unspecified atom stereocenters. The fourth-order valence-corrected chi connectivity index (χ4v) is 2.76. The summed E-state index contributed by atoms with van der Waals surface area (Å²) in [4.78, 5) is 11.4. The van der Waals surface area contributed by atoms with Gasteiger partial charge in [0.05, 0.1) is 6.54 Å². The SMILES string of the molecule is CN=C(NCCNc1nccc(C(F)(F)F)n1)NCC1Cc2ccccc2O1. The first-order valence-electron chi connectivity index (χ1n) is 8.79. The van der Waals surface area contributed by atoms with E-state index >= 15 is 0 Å². The summed E-state index contributed by atoms with van der Waals surface area (Å²) >= 11 is 0. The standard InChI is InChI=1S/C18H21F3N6O/c1-22-16(26-11-13-10-12-4-2-3-5-14(12)28-13)24-8-9-25-17-23-7-6-15(27-17)18(19,20)21/h2-7,13H,8-11H2,1H3,(H2,22,24,26)(H,23,25,27). The zero-order chi connectivity index (χ0) is 20.0. The molecular formula is C18H21F3N6O. The minimum absolute atomic E-state index is 0.0209. The quantitative estimate of drug-likeness (QED) is 0.395. The van der Waals surface area contributed by atoms with Crippen molar-refractivity contribution in [1.82, 2.24) is 20.6 Å². The van der Waals surface area contributed by atoms with E-state index in [0.29, 0.717) is 25.6 Å². The number of benzene rings is 1. The van der Waals surface area contributed by atoms with E-state index < -0.39 is 11.9 Å². The third-order valence-electron chi connectivity index (χ3n) is 4.08. The van der Waals surface area contributed by atoms with Crippen molar-refractivity contribution in [3.63, 3.8) is 0 Å². The summed E-state index contributed by atoms with van der Waals surface area (Å²) in [5.74, 6) is 1.41. The lowest BCUT2D eigenvalue weighted by molar-refractivity contribution is -0.141. The average Bonchev–Trinajstić information content (AvgIpc) is 3.10. The summed E-state index contributed by atoms with van der Waals surface area (Å²) in [6.45, 7) is 1.33. The van der Waals surface area contributed by atoms with Crippen LogP contribution in [0.1, 0.15) is 11.3 Å². The molecule has 0 spiro atoms. The molecule has 150 valence electrons. The van der Waals surface area contributed by atoms with Gasteiger partial charge in [0, 0.05) is 32.8 Å². The molecule has 0 saturated heterocycles. The van der Waals surface area contributed by atoms with Crippen molar-refractivity contribution in [2.45, 2.75) is 18.7 Å². The molecule has 1 aliphatic rings. The monoisotopic (exact) mass is 394 g/mol. The maximum atomic E-state index is 12.6. The number of rotatable bonds is 6. The van der Waals surface area contributed by atoms with E-state index in [0.717, 1.165) is 24.4 Å². The fraction of sp³-hybridized carbons (Fsp3) is 0.389. The lowest BCUT2D eigenvalue weighted by atomic mass is 10.1. The highest BCUT2D eigenvalue weighted by Gasteiger charge is 2.32. The molecule has 3 rings (SSSR count). The van der Waals surface area contributed by atoms with Crippen LogP contribution in [0.5, 0.6) is 5.75 Å². The van der Waals surface area contributed by atoms with Gasteiger partial charge >= 0.3 is 6.18 Å². The Balaban J connectivity index is 1.38. The molecule has 0 saturated carbocycles. The number of alkyl halides is 3. The molecule has 1 aliphatic heterocycles. The van der Waals surface area contributed by atoms with Crippen molar-refractivity contribution >= 4 is 11.9 Å². The van der Waals surface area contributed by atoms with Gasteiger partial charge in [0.25, 0.3) is 0 Å². The molecule has 28 heavy (non-hydrogen) atoms. The number of nitrogens with one attached hydrogen (secondary N) is 3. The molecule has 0 bridgehead atoms. The number of ether oxygens (including phenoxy) is 1. The minimum atomic E-state index is -4.49. The lowest BCUT2D eigenvalue weighted by Gasteiger charge is -2.16. The molecule has 1 aromatic carbocycles. The lowest BCUT2D eigenvalue weighted by Crippen LogP contribution is -2.43. The third kappa shape index (κ3) is 5.24. The molecule has 1 atom stereocenters. The Morgan fingerprint density at radius 2 is 2.04 bits per heavy atom. The van der Waals surface area contributed by atoms with Crippen LogP contribution in [0, 0.1) is 0 Å². The van der Waals surface area contributed by atoms with Crippen LogP contribution in [0.25, 0.3) is 0 Å². The van der Waals surface area contributed by atoms with Crippen molar-refractivity contribution in [2.24, 2.45) is 4.99 Å². The second-order valence-electron chi connectivity index (χ2n) is 6.12. The van der Waals surface area contributed by atoms with E-state index in [-0.39, 0.29) is 12.1 Å². The van der Waals surface area contributed by atoms with E-state index in [2.05, 4.69) is 30.9 Å². The number of guanidine groups is 1. The first kappa shape index (κ1) is 19.7. The molecular weight excluding hydrogens is 373 g/mol. The highest BCUT2D eigenvalue weighted by Crippen LogP contribution is 2.28. The largest absolute Gasteiger partial charge is 0.488 e. The Bertz CT molecular complexity index is 802. The molecule has 0 amide bonds. The summed E-state index contributed by atoms with van der Waals surface area (Å²) in [6.07, 6.45) is -2.57. The Labute approximate surface area is 160 Å². The van der Waals surface area contributed by atoms with Crippen LogP contribution in [0.4, 0.5) is 19.1 Å². The van der Waals surface area contributed by atoms with Gasteiger partial charge in [-0.25, -0.2) is 9.97 Å². The molecule has 0 fully saturated rings. The third-order valence-corrected chi connectivity index (χ3v) is 4.08. The van der Waals surface area contributed by atoms with Crippen LogP contribution in [-0.2, 0) is 12.6 Å². The molecule has 2 aromatic rings. The maximum Gasteiger partial charge on any atom is 0.433 e. The number of halogens is 3. The summed E-state index contributed by atoms with van der Waals surface area (Å²) in [6, 6.07) is 8.75. The maximum absolute atomic E-state index is 12.6. The van der Waals surface area contributed by atoms with Crippen molar-refractivity contribution in [3.8, 4) is 5.75 Å². The number of nitrogens with zero attached hydrogens (tertiary/aromatic N) is 3. The van der Waals surface area contributed by atoms with E-state index in [9.17, 15) is 13.2 Å². The van der Waals surface area contributed by atoms with E-state index in [1.165, 1.54) is 5.56 Å². The number of hydrogen-bond donors (Lipinski definition) is 3. The summed E-state index contributed by atoms with van der Waals surface area (Å²) in [7, 11) is 1.64. The number of anilines is 1. The Morgan fingerprint density at radius 1 is 1.21 bits per heavy atom. The number of fused-ring (bicyclic) bond motifs is 1. The number of aliphatic imine (C=N–C) groups is 1. The van der Waals surface area contributed by atoms with Gasteiger partial charge in [-0.2, -0.15) is 13.2 Å².